The molecule has 0 aliphatic carbocycles. The van der Waals surface area contributed by atoms with Crippen LogP contribution in [0.1, 0.15) is 18.3 Å². The standard InChI is InChI=1S/C10H13F2N3O3/c1-4-18-9(17)10(11,12)8(16)13-7-5(2)14-15-6(7)3/h4H2,1-3H3,(H,13,16)(H,14,15). The number of ether oxygens (including phenoxy) is 1. The smallest absolute Gasteiger partial charge is 0.419 e. The summed E-state index contributed by atoms with van der Waals surface area (Å²) >= 11 is 0. The summed E-state index contributed by atoms with van der Waals surface area (Å²) in [5.74, 6) is -7.85. The Hall–Kier alpha value is -1.99. The lowest BCUT2D eigenvalue weighted by atomic mass is 10.2. The Balaban J connectivity index is 2.85. The van der Waals surface area contributed by atoms with E-state index in [-0.39, 0.29) is 12.3 Å². The van der Waals surface area contributed by atoms with Crippen molar-refractivity contribution in [1.82, 2.24) is 10.2 Å². The number of H-pyrrole nitrogens is 1. The van der Waals surface area contributed by atoms with Crippen LogP contribution in [0.25, 0.3) is 0 Å². The van der Waals surface area contributed by atoms with E-state index in [2.05, 4.69) is 14.9 Å². The molecule has 0 spiro atoms. The summed E-state index contributed by atoms with van der Waals surface area (Å²) in [5.41, 5.74) is 0.894. The maximum atomic E-state index is 13.3. The molecule has 1 amide bonds. The van der Waals surface area contributed by atoms with Gasteiger partial charge in [-0.3, -0.25) is 9.89 Å². The average molecular weight is 261 g/mol. The molecule has 0 bridgehead atoms. The lowest BCUT2D eigenvalue weighted by molar-refractivity contribution is -0.175. The molecular formula is C10H13F2N3O3. The summed E-state index contributed by atoms with van der Waals surface area (Å²) in [6.45, 7) is 4.22. The lowest BCUT2D eigenvalue weighted by Gasteiger charge is -2.14. The Kier molecular flexibility index (Phi) is 4.00. The average Bonchev–Trinajstić information content (AvgIpc) is 2.61. The van der Waals surface area contributed by atoms with Crippen molar-refractivity contribution in [3.63, 3.8) is 0 Å². The van der Waals surface area contributed by atoms with Crippen molar-refractivity contribution >= 4 is 17.6 Å². The van der Waals surface area contributed by atoms with Crippen LogP contribution in [0, 0.1) is 13.8 Å². The van der Waals surface area contributed by atoms with Crippen LogP contribution in [0.15, 0.2) is 0 Å². The number of nitrogens with one attached hydrogen (secondary N) is 2. The molecule has 0 aliphatic heterocycles. The van der Waals surface area contributed by atoms with Gasteiger partial charge in [0.2, 0.25) is 0 Å². The van der Waals surface area contributed by atoms with E-state index in [0.717, 1.165) is 0 Å². The first kappa shape index (κ1) is 14.1. The second kappa shape index (κ2) is 5.11. The van der Waals surface area contributed by atoms with Crippen LogP contribution in [-0.2, 0) is 14.3 Å². The first-order valence-electron chi connectivity index (χ1n) is 5.18. The maximum Gasteiger partial charge on any atom is 0.419 e. The lowest BCUT2D eigenvalue weighted by Crippen LogP contribution is -2.43. The van der Waals surface area contributed by atoms with Crippen molar-refractivity contribution in [3.05, 3.63) is 11.4 Å². The maximum absolute atomic E-state index is 13.3. The zero-order chi connectivity index (χ0) is 13.9. The van der Waals surface area contributed by atoms with Gasteiger partial charge in [-0.25, -0.2) is 4.79 Å². The second-order valence-corrected chi connectivity index (χ2v) is 3.56. The molecule has 1 aromatic heterocycles. The molecule has 0 aliphatic rings. The van der Waals surface area contributed by atoms with Crippen molar-refractivity contribution in [1.29, 1.82) is 0 Å². The van der Waals surface area contributed by atoms with Crippen LogP contribution in [0.4, 0.5) is 14.5 Å². The molecule has 1 rings (SSSR count). The van der Waals surface area contributed by atoms with Crippen LogP contribution in [-0.4, -0.2) is 34.6 Å². The number of carbonyl (C=O) groups is 2. The van der Waals surface area contributed by atoms with Crippen LogP contribution >= 0.6 is 0 Å². The van der Waals surface area contributed by atoms with E-state index in [0.29, 0.717) is 11.4 Å². The molecular weight excluding hydrogens is 248 g/mol. The Morgan fingerprint density at radius 2 is 2.06 bits per heavy atom. The number of hydrogen-bond donors (Lipinski definition) is 2. The zero-order valence-electron chi connectivity index (χ0n) is 10.1. The van der Waals surface area contributed by atoms with Crippen molar-refractivity contribution < 1.29 is 23.1 Å². The predicted octanol–water partition coefficient (Wildman–Crippen LogP) is 1.16. The first-order valence-corrected chi connectivity index (χ1v) is 5.18. The molecule has 1 heterocycles. The zero-order valence-corrected chi connectivity index (χ0v) is 10.1. The third-order valence-electron chi connectivity index (χ3n) is 2.18. The Labute approximate surface area is 102 Å². The van der Waals surface area contributed by atoms with Gasteiger partial charge in [0, 0.05) is 0 Å². The van der Waals surface area contributed by atoms with E-state index in [1.54, 1.807) is 6.92 Å². The molecule has 0 aromatic carbocycles. The highest BCUT2D eigenvalue weighted by Gasteiger charge is 2.49. The van der Waals surface area contributed by atoms with Crippen LogP contribution in [0.2, 0.25) is 0 Å². The number of nitrogens with zero attached hydrogens (tertiary/aromatic N) is 1. The van der Waals surface area contributed by atoms with E-state index < -0.39 is 17.8 Å². The van der Waals surface area contributed by atoms with Gasteiger partial charge in [0.05, 0.1) is 23.7 Å². The van der Waals surface area contributed by atoms with Crippen LogP contribution in [0.3, 0.4) is 0 Å². The van der Waals surface area contributed by atoms with Crippen LogP contribution in [0.5, 0.6) is 0 Å². The molecule has 8 heteroatoms. The highest BCUT2D eigenvalue weighted by molar-refractivity contribution is 6.10. The van der Waals surface area contributed by atoms with E-state index in [1.807, 2.05) is 5.32 Å². The molecule has 0 atom stereocenters. The van der Waals surface area contributed by atoms with Gasteiger partial charge in [-0.1, -0.05) is 0 Å². The fraction of sp³-hybridized carbons (Fsp3) is 0.500. The van der Waals surface area contributed by atoms with Gasteiger partial charge in [-0.15, -0.1) is 0 Å². The van der Waals surface area contributed by atoms with Crippen LogP contribution < -0.4 is 5.32 Å². The number of esters is 1. The molecule has 0 fully saturated rings. The molecule has 6 nitrogen and oxygen atoms in total. The summed E-state index contributed by atoms with van der Waals surface area (Å²) in [5, 5.41) is 8.21. The van der Waals surface area contributed by atoms with Crippen molar-refractivity contribution in [2.45, 2.75) is 26.7 Å². The fourth-order valence-electron chi connectivity index (χ4n) is 1.24. The van der Waals surface area contributed by atoms with Crippen molar-refractivity contribution in [2.75, 3.05) is 11.9 Å². The van der Waals surface area contributed by atoms with E-state index in [4.69, 9.17) is 0 Å². The molecule has 18 heavy (non-hydrogen) atoms. The minimum Gasteiger partial charge on any atom is -0.461 e. The van der Waals surface area contributed by atoms with Gasteiger partial charge in [0.25, 0.3) is 0 Å². The third-order valence-corrected chi connectivity index (χ3v) is 2.18. The summed E-state index contributed by atoms with van der Waals surface area (Å²) in [6, 6.07) is 0. The largest absolute Gasteiger partial charge is 0.461 e. The van der Waals surface area contributed by atoms with E-state index in [9.17, 15) is 18.4 Å². The number of hydrogen-bond acceptors (Lipinski definition) is 4. The van der Waals surface area contributed by atoms with Gasteiger partial charge < -0.3 is 10.1 Å². The molecule has 0 saturated carbocycles. The number of anilines is 1. The minimum absolute atomic E-state index is 0.129. The number of rotatable bonds is 4. The van der Waals surface area contributed by atoms with Gasteiger partial charge >= 0.3 is 17.8 Å². The number of aryl methyl sites for hydroxylation is 2. The quantitative estimate of drug-likeness (QED) is 0.629. The molecule has 2 N–H and O–H groups in total. The molecule has 100 valence electrons. The molecule has 0 unspecified atom stereocenters. The van der Waals surface area contributed by atoms with Gasteiger partial charge in [0.15, 0.2) is 0 Å². The first-order chi connectivity index (χ1) is 8.30. The molecule has 0 radical (unpaired) electrons. The van der Waals surface area contributed by atoms with E-state index in [1.165, 1.54) is 13.8 Å². The number of alkyl halides is 2. The SMILES string of the molecule is CCOC(=O)C(F)(F)C(=O)Nc1c(C)n[nH]c1C. The Morgan fingerprint density at radius 1 is 1.44 bits per heavy atom. The predicted molar refractivity (Wildman–Crippen MR) is 58.3 cm³/mol. The van der Waals surface area contributed by atoms with Gasteiger partial charge in [-0.2, -0.15) is 13.9 Å². The highest BCUT2D eigenvalue weighted by atomic mass is 19.3. The number of carbonyl (C=O) groups excluding carboxylic acids is 2. The topological polar surface area (TPSA) is 84.1 Å². The second-order valence-electron chi connectivity index (χ2n) is 3.56. The molecule has 1 aromatic rings. The van der Waals surface area contributed by atoms with Gasteiger partial charge in [-0.05, 0) is 20.8 Å². The van der Waals surface area contributed by atoms with Gasteiger partial charge in [0.1, 0.15) is 0 Å². The number of aromatic nitrogens is 2. The summed E-state index contributed by atoms with van der Waals surface area (Å²) in [7, 11) is 0. The minimum atomic E-state index is -4.23. The Morgan fingerprint density at radius 3 is 2.50 bits per heavy atom. The fourth-order valence-corrected chi connectivity index (χ4v) is 1.24. The summed E-state index contributed by atoms with van der Waals surface area (Å²) in [6.07, 6.45) is 0. The highest BCUT2D eigenvalue weighted by Crippen LogP contribution is 2.22. The number of halogens is 2. The summed E-state index contributed by atoms with van der Waals surface area (Å²) in [4.78, 5) is 22.3. The number of amides is 1. The normalized spacial score (nSPS) is 11.2. The monoisotopic (exact) mass is 261 g/mol. The van der Waals surface area contributed by atoms with E-state index >= 15 is 0 Å². The van der Waals surface area contributed by atoms with Crippen molar-refractivity contribution in [2.24, 2.45) is 0 Å². The number of aromatic amines is 1. The molecule has 0 saturated heterocycles. The summed E-state index contributed by atoms with van der Waals surface area (Å²) < 4.78 is 30.8. The Bertz CT molecular complexity index is 451. The van der Waals surface area contributed by atoms with Crippen molar-refractivity contribution in [3.8, 4) is 0 Å². The third kappa shape index (κ3) is 2.63.